The largest absolute Gasteiger partial charge is 0.192 e. The summed E-state index contributed by atoms with van der Waals surface area (Å²) in [6, 6.07) is 44.3. The quantitative estimate of drug-likeness (QED) is 0.183. The summed E-state index contributed by atoms with van der Waals surface area (Å²) in [6.45, 7) is 8.48. The summed E-state index contributed by atoms with van der Waals surface area (Å²) in [7, 11) is 0. The summed E-state index contributed by atoms with van der Waals surface area (Å²) < 4.78 is 0. The number of nitriles is 2. The molecule has 0 unspecified atom stereocenters. The lowest BCUT2D eigenvalue weighted by molar-refractivity contribution is 1.35. The van der Waals surface area contributed by atoms with Crippen LogP contribution in [0, 0.1) is 50.4 Å². The zero-order valence-electron chi connectivity index (χ0n) is 27.3. The van der Waals surface area contributed by atoms with Crippen LogP contribution in [0.5, 0.6) is 0 Å². The summed E-state index contributed by atoms with van der Waals surface area (Å²) in [5, 5.41) is 29.3. The highest BCUT2D eigenvalue weighted by molar-refractivity contribution is 6.27. The van der Waals surface area contributed by atoms with Gasteiger partial charge in [0.1, 0.15) is 0 Å². The molecule has 0 atom stereocenters. The van der Waals surface area contributed by atoms with Crippen LogP contribution in [0.3, 0.4) is 0 Å². The molecule has 1 aliphatic carbocycles. The van der Waals surface area contributed by atoms with Crippen molar-refractivity contribution in [1.82, 2.24) is 0 Å². The van der Waals surface area contributed by atoms with E-state index in [0.717, 1.165) is 22.3 Å². The average Bonchev–Trinajstić information content (AvgIpc) is 3.41. The molecule has 0 N–H and O–H groups in total. The Hall–Kier alpha value is -6.22. The smallest absolute Gasteiger partial charge is 0.0991 e. The van der Waals surface area contributed by atoms with E-state index >= 15 is 0 Å². The zero-order chi connectivity index (χ0) is 32.8. The van der Waals surface area contributed by atoms with Gasteiger partial charge in [-0.25, -0.2) is 0 Å². The fourth-order valence-corrected chi connectivity index (χ4v) is 8.60. The first-order valence-corrected chi connectivity index (χ1v) is 16.4. The summed E-state index contributed by atoms with van der Waals surface area (Å²) >= 11 is 0. The molecule has 0 heterocycles. The van der Waals surface area contributed by atoms with Gasteiger partial charge in [-0.2, -0.15) is 10.5 Å². The van der Waals surface area contributed by atoms with E-state index in [0.29, 0.717) is 11.1 Å². The SMILES string of the molecule is Cc1cc(C#N)cc(C)c1-c1cc2c3cc4c(cc3c(-c3c(C)cc(C#N)cc3C)cc2c2ccccc12)-c1cccc2cccc-4c12. The Bertz CT molecular complexity index is 2790. The Kier molecular flexibility index (Phi) is 5.92. The maximum atomic E-state index is 9.77. The van der Waals surface area contributed by atoms with Crippen LogP contribution in [-0.2, 0) is 0 Å². The Morgan fingerprint density at radius 3 is 1.31 bits per heavy atom. The van der Waals surface area contributed by atoms with Gasteiger partial charge in [0.05, 0.1) is 23.3 Å². The highest BCUT2D eigenvalue weighted by Gasteiger charge is 2.25. The van der Waals surface area contributed by atoms with E-state index in [1.807, 2.05) is 24.3 Å². The molecule has 0 bridgehead atoms. The number of hydrogen-bond acceptors (Lipinski definition) is 2. The number of aryl methyl sites for hydroxylation is 4. The van der Waals surface area contributed by atoms with Crippen molar-refractivity contribution in [2.24, 2.45) is 0 Å². The second kappa shape index (κ2) is 10.1. The maximum Gasteiger partial charge on any atom is 0.0991 e. The molecule has 0 spiro atoms. The third-order valence-corrected chi connectivity index (χ3v) is 10.5. The van der Waals surface area contributed by atoms with Gasteiger partial charge in [-0.15, -0.1) is 0 Å². The molecule has 0 radical (unpaired) electrons. The zero-order valence-corrected chi connectivity index (χ0v) is 27.3. The standard InChI is InChI=1S/C46H30N2/c1-25-15-29(23-47)16-26(2)44(25)42-22-40-36(32-11-5-6-12-33(32)42)21-43(45-27(3)17-30(24-48)18-28(45)4)41-20-38-35-14-8-10-31-9-7-13-34(46(31)35)37(38)19-39(40)41/h5-22H,1-4H3. The predicted molar refractivity (Wildman–Crippen MR) is 200 cm³/mol. The molecule has 0 saturated heterocycles. The van der Waals surface area contributed by atoms with Crippen molar-refractivity contribution in [2.75, 3.05) is 0 Å². The van der Waals surface area contributed by atoms with E-state index in [9.17, 15) is 10.5 Å². The molecule has 0 aromatic heterocycles. The van der Waals surface area contributed by atoms with Gasteiger partial charge in [-0.05, 0) is 186 Å². The minimum Gasteiger partial charge on any atom is -0.192 e. The molecule has 0 fully saturated rings. The van der Waals surface area contributed by atoms with Crippen molar-refractivity contribution in [3.05, 3.63) is 143 Å². The van der Waals surface area contributed by atoms with Gasteiger partial charge in [0.25, 0.3) is 0 Å². The summed E-state index contributed by atoms with van der Waals surface area (Å²) in [4.78, 5) is 0. The molecule has 9 rings (SSSR count). The van der Waals surface area contributed by atoms with Crippen LogP contribution in [0.1, 0.15) is 33.4 Å². The fraction of sp³-hybridized carbons (Fsp3) is 0.0870. The van der Waals surface area contributed by atoms with Crippen LogP contribution in [0.25, 0.3) is 87.6 Å². The van der Waals surface area contributed by atoms with Gasteiger partial charge in [0.2, 0.25) is 0 Å². The van der Waals surface area contributed by atoms with E-state index in [2.05, 4.69) is 125 Å². The third-order valence-electron chi connectivity index (χ3n) is 10.5. The normalized spacial score (nSPS) is 11.7. The lowest BCUT2D eigenvalue weighted by Gasteiger charge is -2.20. The molecular weight excluding hydrogens is 581 g/mol. The van der Waals surface area contributed by atoms with E-state index in [-0.39, 0.29) is 0 Å². The van der Waals surface area contributed by atoms with Crippen LogP contribution >= 0.6 is 0 Å². The molecule has 0 amide bonds. The fourth-order valence-electron chi connectivity index (χ4n) is 8.60. The number of fused-ring (bicyclic) bond motifs is 8. The monoisotopic (exact) mass is 610 g/mol. The third kappa shape index (κ3) is 3.84. The Morgan fingerprint density at radius 2 is 0.792 bits per heavy atom. The van der Waals surface area contributed by atoms with Crippen LogP contribution < -0.4 is 0 Å². The molecule has 224 valence electrons. The van der Waals surface area contributed by atoms with Gasteiger partial charge < -0.3 is 0 Å². The lowest BCUT2D eigenvalue weighted by Crippen LogP contribution is -1.96. The minimum absolute atomic E-state index is 0.685. The highest BCUT2D eigenvalue weighted by Crippen LogP contribution is 2.52. The topological polar surface area (TPSA) is 47.6 Å². The molecule has 8 aromatic carbocycles. The van der Waals surface area contributed by atoms with Crippen molar-refractivity contribution in [3.8, 4) is 56.6 Å². The predicted octanol–water partition coefficient (Wildman–Crippen LogP) is 12.3. The first kappa shape index (κ1) is 28.0. The number of hydrogen-bond donors (Lipinski definition) is 0. The molecule has 8 aromatic rings. The maximum absolute atomic E-state index is 9.77. The van der Waals surface area contributed by atoms with Gasteiger partial charge in [0, 0.05) is 0 Å². The Balaban J connectivity index is 1.49. The van der Waals surface area contributed by atoms with Crippen LogP contribution in [-0.4, -0.2) is 0 Å². The van der Waals surface area contributed by atoms with Crippen LogP contribution in [0.2, 0.25) is 0 Å². The van der Waals surface area contributed by atoms with Gasteiger partial charge in [0.15, 0.2) is 0 Å². The van der Waals surface area contributed by atoms with Gasteiger partial charge in [-0.3, -0.25) is 0 Å². The van der Waals surface area contributed by atoms with Gasteiger partial charge in [-0.1, -0.05) is 60.7 Å². The Morgan fingerprint density at radius 1 is 0.375 bits per heavy atom. The van der Waals surface area contributed by atoms with Crippen molar-refractivity contribution < 1.29 is 0 Å². The van der Waals surface area contributed by atoms with Crippen molar-refractivity contribution >= 4 is 43.1 Å². The second-order valence-corrected chi connectivity index (χ2v) is 13.3. The van der Waals surface area contributed by atoms with E-state index < -0.39 is 0 Å². The first-order valence-electron chi connectivity index (χ1n) is 16.4. The molecule has 0 aliphatic heterocycles. The average molecular weight is 611 g/mol. The first-order chi connectivity index (χ1) is 23.4. The molecule has 0 saturated carbocycles. The molecule has 2 nitrogen and oxygen atoms in total. The van der Waals surface area contributed by atoms with Crippen LogP contribution in [0.15, 0.2) is 109 Å². The molecular formula is C46H30N2. The van der Waals surface area contributed by atoms with Crippen molar-refractivity contribution in [3.63, 3.8) is 0 Å². The van der Waals surface area contributed by atoms with Crippen molar-refractivity contribution in [2.45, 2.75) is 27.7 Å². The summed E-state index contributed by atoms with van der Waals surface area (Å²) in [5.74, 6) is 0. The second-order valence-electron chi connectivity index (χ2n) is 13.3. The van der Waals surface area contributed by atoms with E-state index in [1.54, 1.807) is 0 Å². The number of rotatable bonds is 2. The molecule has 48 heavy (non-hydrogen) atoms. The number of benzene rings is 8. The minimum atomic E-state index is 0.685. The highest BCUT2D eigenvalue weighted by atomic mass is 14.3. The van der Waals surface area contributed by atoms with Gasteiger partial charge >= 0.3 is 0 Å². The lowest BCUT2D eigenvalue weighted by atomic mass is 9.83. The van der Waals surface area contributed by atoms with E-state index in [4.69, 9.17) is 0 Å². The molecule has 1 aliphatic rings. The summed E-state index contributed by atoms with van der Waals surface area (Å²) in [6.07, 6.45) is 0. The van der Waals surface area contributed by atoms with E-state index in [1.165, 1.54) is 87.6 Å². The van der Waals surface area contributed by atoms with Crippen molar-refractivity contribution in [1.29, 1.82) is 10.5 Å². The summed E-state index contributed by atoms with van der Waals surface area (Å²) in [5.41, 5.74) is 15.6. The Labute approximate surface area is 279 Å². The van der Waals surface area contributed by atoms with Crippen LogP contribution in [0.4, 0.5) is 0 Å². The molecule has 2 heteroatoms. The number of nitrogens with zero attached hydrogens (tertiary/aromatic N) is 2.